The van der Waals surface area contributed by atoms with Crippen LogP contribution in [0.1, 0.15) is 33.6 Å². The number of piperidine rings is 1. The Bertz CT molecular complexity index is 757. The summed E-state index contributed by atoms with van der Waals surface area (Å²) in [5.74, 6) is -0.714. The Hall–Kier alpha value is -2.48. The van der Waals surface area contributed by atoms with Gasteiger partial charge in [-0.05, 0) is 49.9 Å². The van der Waals surface area contributed by atoms with E-state index in [0.29, 0.717) is 24.4 Å². The molecule has 2 N–H and O–H groups in total. The van der Waals surface area contributed by atoms with Gasteiger partial charge in [-0.2, -0.15) is 0 Å². The Morgan fingerprint density at radius 1 is 1.18 bits per heavy atom. The van der Waals surface area contributed by atoms with Crippen molar-refractivity contribution in [2.45, 2.75) is 45.2 Å². The zero-order valence-electron chi connectivity index (χ0n) is 16.5. The summed E-state index contributed by atoms with van der Waals surface area (Å²) in [7, 11) is 0. The van der Waals surface area contributed by atoms with Gasteiger partial charge < -0.3 is 15.5 Å². The highest BCUT2D eigenvalue weighted by Crippen LogP contribution is 2.31. The van der Waals surface area contributed by atoms with E-state index in [1.807, 2.05) is 0 Å². The third-order valence-corrected chi connectivity index (χ3v) is 5.40. The van der Waals surface area contributed by atoms with Gasteiger partial charge in [-0.25, -0.2) is 14.1 Å². The highest BCUT2D eigenvalue weighted by molar-refractivity contribution is 6.11. The van der Waals surface area contributed by atoms with Crippen LogP contribution in [0.3, 0.4) is 0 Å². The molecule has 152 valence electrons. The van der Waals surface area contributed by atoms with Crippen LogP contribution in [0.2, 0.25) is 0 Å². The average molecular weight is 390 g/mol. The minimum absolute atomic E-state index is 0.344. The molecule has 0 radical (unpaired) electrons. The summed E-state index contributed by atoms with van der Waals surface area (Å²) in [6.45, 7) is 8.23. The molecule has 7 nitrogen and oxygen atoms in total. The number of hydrogen-bond acceptors (Lipinski definition) is 4. The number of hydrogen-bond donors (Lipinski definition) is 2. The van der Waals surface area contributed by atoms with Crippen molar-refractivity contribution in [3.05, 3.63) is 30.1 Å². The van der Waals surface area contributed by atoms with Crippen LogP contribution in [0.5, 0.6) is 0 Å². The van der Waals surface area contributed by atoms with Crippen molar-refractivity contribution in [3.63, 3.8) is 0 Å². The molecule has 2 aliphatic heterocycles. The largest absolute Gasteiger partial charge is 0.325 e. The van der Waals surface area contributed by atoms with Gasteiger partial charge in [-0.15, -0.1) is 0 Å². The number of benzene rings is 1. The van der Waals surface area contributed by atoms with Crippen molar-refractivity contribution >= 4 is 23.5 Å². The normalized spacial score (nSPS) is 20.5. The van der Waals surface area contributed by atoms with Crippen LogP contribution >= 0.6 is 0 Å². The molecule has 2 aliphatic rings. The molecule has 0 saturated carbocycles. The highest BCUT2D eigenvalue weighted by Gasteiger charge is 2.54. The summed E-state index contributed by atoms with van der Waals surface area (Å²) >= 11 is 0. The first kappa shape index (κ1) is 20.3. The maximum atomic E-state index is 13.1. The molecular formula is C20H27FN4O3. The van der Waals surface area contributed by atoms with Crippen LogP contribution in [0.25, 0.3) is 0 Å². The molecule has 28 heavy (non-hydrogen) atoms. The standard InChI is InChI=1S/C20H27FN4O3/c1-13(2)12-24-10-8-20(9-11-24)18(27)25(19(28)23-20)14(3)17(26)22-16-6-4-15(21)5-7-16/h4-7,13-14H,8-12H2,1-3H3,(H,22,26)(H,23,28). The van der Waals surface area contributed by atoms with Crippen LogP contribution in [-0.2, 0) is 9.59 Å². The van der Waals surface area contributed by atoms with E-state index in [9.17, 15) is 18.8 Å². The van der Waals surface area contributed by atoms with E-state index in [2.05, 4.69) is 29.4 Å². The van der Waals surface area contributed by atoms with Gasteiger partial charge in [0.1, 0.15) is 17.4 Å². The monoisotopic (exact) mass is 390 g/mol. The fourth-order valence-electron chi connectivity index (χ4n) is 3.86. The fourth-order valence-corrected chi connectivity index (χ4v) is 3.86. The van der Waals surface area contributed by atoms with Crippen LogP contribution < -0.4 is 10.6 Å². The number of carbonyl (C=O) groups excluding carboxylic acids is 3. The lowest BCUT2D eigenvalue weighted by molar-refractivity contribution is -0.137. The van der Waals surface area contributed by atoms with Crippen molar-refractivity contribution in [3.8, 4) is 0 Å². The number of halogens is 1. The number of likely N-dealkylation sites (tertiary alicyclic amines) is 1. The van der Waals surface area contributed by atoms with Crippen molar-refractivity contribution in [2.75, 3.05) is 25.0 Å². The lowest BCUT2D eigenvalue weighted by Crippen LogP contribution is -2.56. The quantitative estimate of drug-likeness (QED) is 0.755. The molecule has 1 spiro atoms. The molecule has 8 heteroatoms. The van der Waals surface area contributed by atoms with E-state index in [4.69, 9.17) is 0 Å². The minimum Gasteiger partial charge on any atom is -0.324 e. The molecule has 0 bridgehead atoms. The van der Waals surface area contributed by atoms with Gasteiger partial charge in [0, 0.05) is 25.3 Å². The van der Waals surface area contributed by atoms with Gasteiger partial charge in [-0.3, -0.25) is 9.59 Å². The smallest absolute Gasteiger partial charge is 0.324 e. The van der Waals surface area contributed by atoms with Crippen molar-refractivity contribution in [2.24, 2.45) is 5.92 Å². The molecule has 1 aromatic carbocycles. The number of urea groups is 1. The molecule has 1 unspecified atom stereocenters. The van der Waals surface area contributed by atoms with Gasteiger partial charge in [0.2, 0.25) is 5.91 Å². The summed E-state index contributed by atoms with van der Waals surface area (Å²) < 4.78 is 13.0. The zero-order valence-corrected chi connectivity index (χ0v) is 16.5. The minimum atomic E-state index is -0.967. The molecule has 3 rings (SSSR count). The number of amides is 4. The second-order valence-electron chi connectivity index (χ2n) is 8.05. The number of imide groups is 1. The Kier molecular flexibility index (Phi) is 5.69. The first-order valence-electron chi connectivity index (χ1n) is 9.66. The second-order valence-corrected chi connectivity index (χ2v) is 8.05. The second kappa shape index (κ2) is 7.87. The number of anilines is 1. The molecule has 2 saturated heterocycles. The van der Waals surface area contributed by atoms with E-state index in [1.54, 1.807) is 0 Å². The zero-order chi connectivity index (χ0) is 20.5. The molecular weight excluding hydrogens is 363 g/mol. The summed E-state index contributed by atoms with van der Waals surface area (Å²) in [5, 5.41) is 5.45. The molecule has 1 aromatic rings. The highest BCUT2D eigenvalue weighted by atomic mass is 19.1. The lowest BCUT2D eigenvalue weighted by Gasteiger charge is -2.38. The molecule has 0 aromatic heterocycles. The number of rotatable bonds is 5. The van der Waals surface area contributed by atoms with Crippen molar-refractivity contribution in [1.82, 2.24) is 15.1 Å². The first-order valence-corrected chi connectivity index (χ1v) is 9.66. The summed E-state index contributed by atoms with van der Waals surface area (Å²) in [5.41, 5.74) is -0.517. The maximum Gasteiger partial charge on any atom is 0.325 e. The van der Waals surface area contributed by atoms with Crippen molar-refractivity contribution in [1.29, 1.82) is 0 Å². The van der Waals surface area contributed by atoms with E-state index in [0.717, 1.165) is 24.5 Å². The lowest BCUT2D eigenvalue weighted by atomic mass is 9.87. The Morgan fingerprint density at radius 2 is 1.79 bits per heavy atom. The summed E-state index contributed by atoms with van der Waals surface area (Å²) in [4.78, 5) is 41.4. The Labute approximate surface area is 164 Å². The molecule has 2 heterocycles. The molecule has 1 atom stereocenters. The van der Waals surface area contributed by atoms with Crippen LogP contribution in [-0.4, -0.2) is 58.9 Å². The van der Waals surface area contributed by atoms with E-state index < -0.39 is 29.3 Å². The van der Waals surface area contributed by atoms with Crippen LogP contribution in [0.4, 0.5) is 14.9 Å². The summed E-state index contributed by atoms with van der Waals surface area (Å²) in [6.07, 6.45) is 1.07. The Balaban J connectivity index is 1.66. The van der Waals surface area contributed by atoms with Crippen LogP contribution in [0, 0.1) is 11.7 Å². The van der Waals surface area contributed by atoms with Gasteiger partial charge in [0.05, 0.1) is 0 Å². The third kappa shape index (κ3) is 4.01. The van der Waals surface area contributed by atoms with Crippen LogP contribution in [0.15, 0.2) is 24.3 Å². The Morgan fingerprint density at radius 3 is 2.36 bits per heavy atom. The predicted octanol–water partition coefficient (Wildman–Crippen LogP) is 2.20. The van der Waals surface area contributed by atoms with E-state index in [-0.39, 0.29) is 5.91 Å². The number of carbonyl (C=O) groups is 3. The van der Waals surface area contributed by atoms with Gasteiger partial charge in [-0.1, -0.05) is 13.8 Å². The maximum absolute atomic E-state index is 13.1. The average Bonchev–Trinajstić information content (AvgIpc) is 2.88. The van der Waals surface area contributed by atoms with Gasteiger partial charge >= 0.3 is 6.03 Å². The molecule has 4 amide bonds. The SMILES string of the molecule is CC(C)CN1CCC2(CC1)NC(=O)N(C(C)C(=O)Nc1ccc(F)cc1)C2=O. The van der Waals surface area contributed by atoms with Crippen molar-refractivity contribution < 1.29 is 18.8 Å². The van der Waals surface area contributed by atoms with E-state index >= 15 is 0 Å². The summed E-state index contributed by atoms with van der Waals surface area (Å²) in [6, 6.07) is 3.81. The first-order chi connectivity index (χ1) is 13.2. The number of nitrogens with one attached hydrogen (secondary N) is 2. The molecule has 2 fully saturated rings. The van der Waals surface area contributed by atoms with E-state index in [1.165, 1.54) is 31.2 Å². The van der Waals surface area contributed by atoms with Gasteiger partial charge in [0.25, 0.3) is 5.91 Å². The third-order valence-electron chi connectivity index (χ3n) is 5.40. The molecule has 0 aliphatic carbocycles. The van der Waals surface area contributed by atoms with Gasteiger partial charge in [0.15, 0.2) is 0 Å². The number of nitrogens with zero attached hydrogens (tertiary/aromatic N) is 2. The predicted molar refractivity (Wildman–Crippen MR) is 103 cm³/mol. The topological polar surface area (TPSA) is 81.8 Å². The fraction of sp³-hybridized carbons (Fsp3) is 0.550.